The van der Waals surface area contributed by atoms with Gasteiger partial charge in [-0.15, -0.1) is 0 Å². The number of likely N-dealkylation sites (tertiary alicyclic amines) is 1. The first-order valence-corrected chi connectivity index (χ1v) is 7.40. The number of fused-ring (bicyclic) bond motifs is 1. The molecule has 1 saturated heterocycles. The van der Waals surface area contributed by atoms with Crippen LogP contribution in [0.25, 0.3) is 5.65 Å². The van der Waals surface area contributed by atoms with Crippen molar-refractivity contribution in [1.82, 2.24) is 14.3 Å². The van der Waals surface area contributed by atoms with Gasteiger partial charge in [0.05, 0.1) is 5.69 Å². The van der Waals surface area contributed by atoms with E-state index in [-0.39, 0.29) is 0 Å². The van der Waals surface area contributed by atoms with Crippen LogP contribution in [-0.4, -0.2) is 33.4 Å². The first-order chi connectivity index (χ1) is 9.15. The Labute approximate surface area is 119 Å². The second-order valence-electron chi connectivity index (χ2n) is 5.65. The third kappa shape index (κ3) is 2.49. The second-order valence-corrected chi connectivity index (χ2v) is 6.03. The summed E-state index contributed by atoms with van der Waals surface area (Å²) in [4.78, 5) is 7.27. The highest BCUT2D eigenvalue weighted by molar-refractivity contribution is 6.29. The molecule has 1 aliphatic rings. The summed E-state index contributed by atoms with van der Waals surface area (Å²) in [7, 11) is 0. The van der Waals surface area contributed by atoms with Crippen LogP contribution in [-0.2, 0) is 0 Å². The van der Waals surface area contributed by atoms with Gasteiger partial charge in [0.2, 0.25) is 0 Å². The Bertz CT molecular complexity index is 568. The summed E-state index contributed by atoms with van der Waals surface area (Å²) in [6, 6.07) is 6.52. The maximum atomic E-state index is 6.19. The van der Waals surface area contributed by atoms with E-state index in [4.69, 9.17) is 16.6 Å². The molecule has 1 fully saturated rings. The Hall–Kier alpha value is -1.06. The minimum absolute atomic E-state index is 0.575. The lowest BCUT2D eigenvalue weighted by Gasteiger charge is -2.33. The third-order valence-corrected chi connectivity index (χ3v) is 4.45. The molecule has 3 rings (SSSR count). The summed E-state index contributed by atoms with van der Waals surface area (Å²) >= 11 is 6.19. The zero-order chi connectivity index (χ0) is 13.4. The van der Waals surface area contributed by atoms with Gasteiger partial charge in [-0.2, -0.15) is 0 Å². The summed E-state index contributed by atoms with van der Waals surface area (Å²) in [6.45, 7) is 6.88. The van der Waals surface area contributed by atoms with Crippen molar-refractivity contribution >= 4 is 17.2 Å². The highest BCUT2D eigenvalue weighted by Crippen LogP contribution is 2.29. The van der Waals surface area contributed by atoms with Crippen LogP contribution in [0.3, 0.4) is 0 Å². The largest absolute Gasteiger partial charge is 0.301 e. The van der Waals surface area contributed by atoms with Crippen molar-refractivity contribution < 1.29 is 0 Å². The third-order valence-electron chi connectivity index (χ3n) is 4.14. The van der Waals surface area contributed by atoms with Gasteiger partial charge in [0.25, 0.3) is 0 Å². The molecular formula is C15H20ClN3. The zero-order valence-corrected chi connectivity index (χ0v) is 12.3. The first-order valence-electron chi connectivity index (χ1n) is 7.02. The van der Waals surface area contributed by atoms with E-state index in [0.717, 1.165) is 10.8 Å². The molecule has 0 unspecified atom stereocenters. The van der Waals surface area contributed by atoms with Crippen molar-refractivity contribution in [1.29, 1.82) is 0 Å². The summed E-state index contributed by atoms with van der Waals surface area (Å²) in [5.41, 5.74) is 2.14. The molecule has 0 radical (unpaired) electrons. The molecule has 0 atom stereocenters. The van der Waals surface area contributed by atoms with Crippen LogP contribution in [0.2, 0.25) is 5.15 Å². The van der Waals surface area contributed by atoms with Crippen molar-refractivity contribution in [2.45, 2.75) is 38.6 Å². The standard InChI is InChI=1S/C15H20ClN3/c1-11(2)18-8-6-12(7-9-18)13-10-19-14(16)4-3-5-15(19)17-13/h3-5,10-12H,6-9H2,1-2H3. The number of halogens is 1. The Balaban J connectivity index is 1.80. The monoisotopic (exact) mass is 277 g/mol. The van der Waals surface area contributed by atoms with Gasteiger partial charge in [-0.1, -0.05) is 17.7 Å². The zero-order valence-electron chi connectivity index (χ0n) is 11.5. The lowest BCUT2D eigenvalue weighted by atomic mass is 9.93. The van der Waals surface area contributed by atoms with Crippen LogP contribution < -0.4 is 0 Å². The molecule has 3 nitrogen and oxygen atoms in total. The molecule has 0 N–H and O–H groups in total. The topological polar surface area (TPSA) is 20.5 Å². The van der Waals surface area contributed by atoms with Gasteiger partial charge in [-0.25, -0.2) is 4.98 Å². The summed E-state index contributed by atoms with van der Waals surface area (Å²) in [5.74, 6) is 0.575. The fourth-order valence-corrected chi connectivity index (χ4v) is 3.11. The van der Waals surface area contributed by atoms with E-state index in [0.29, 0.717) is 12.0 Å². The summed E-state index contributed by atoms with van der Waals surface area (Å²) in [6.07, 6.45) is 4.49. The Morgan fingerprint density at radius 1 is 1.26 bits per heavy atom. The average Bonchev–Trinajstić information content (AvgIpc) is 2.84. The van der Waals surface area contributed by atoms with Gasteiger partial charge < -0.3 is 4.90 Å². The normalized spacial score (nSPS) is 18.5. The highest BCUT2D eigenvalue weighted by Gasteiger charge is 2.23. The number of imidazole rings is 1. The number of pyridine rings is 1. The molecule has 2 aromatic rings. The van der Waals surface area contributed by atoms with E-state index in [2.05, 4.69) is 24.9 Å². The van der Waals surface area contributed by atoms with Gasteiger partial charge in [-0.3, -0.25) is 4.40 Å². The van der Waals surface area contributed by atoms with Crippen LogP contribution in [0.5, 0.6) is 0 Å². The molecule has 0 amide bonds. The predicted octanol–water partition coefficient (Wildman–Crippen LogP) is 3.58. The number of aromatic nitrogens is 2. The molecule has 3 heterocycles. The average molecular weight is 278 g/mol. The first kappa shape index (κ1) is 12.9. The number of hydrogen-bond donors (Lipinski definition) is 0. The summed E-state index contributed by atoms with van der Waals surface area (Å²) < 4.78 is 1.98. The second kappa shape index (κ2) is 5.14. The molecule has 2 aromatic heterocycles. The number of hydrogen-bond acceptors (Lipinski definition) is 2. The molecule has 19 heavy (non-hydrogen) atoms. The van der Waals surface area contributed by atoms with E-state index < -0.39 is 0 Å². The lowest BCUT2D eigenvalue weighted by Crippen LogP contribution is -2.37. The fraction of sp³-hybridized carbons (Fsp3) is 0.533. The molecule has 1 aliphatic heterocycles. The molecule has 4 heteroatoms. The SMILES string of the molecule is CC(C)N1CCC(c2cn3c(Cl)cccc3n2)CC1. The molecule has 0 spiro atoms. The van der Waals surface area contributed by atoms with Crippen molar-refractivity contribution in [3.63, 3.8) is 0 Å². The summed E-state index contributed by atoms with van der Waals surface area (Å²) in [5, 5.41) is 0.732. The van der Waals surface area contributed by atoms with E-state index in [1.54, 1.807) is 0 Å². The minimum Gasteiger partial charge on any atom is -0.301 e. The fourth-order valence-electron chi connectivity index (χ4n) is 2.90. The van der Waals surface area contributed by atoms with Gasteiger partial charge in [0.1, 0.15) is 10.8 Å². The minimum atomic E-state index is 0.575. The van der Waals surface area contributed by atoms with Crippen LogP contribution in [0.15, 0.2) is 24.4 Å². The number of rotatable bonds is 2. The maximum Gasteiger partial charge on any atom is 0.138 e. The van der Waals surface area contributed by atoms with E-state index in [9.17, 15) is 0 Å². The van der Waals surface area contributed by atoms with Crippen molar-refractivity contribution in [3.05, 3.63) is 35.2 Å². The molecule has 0 aromatic carbocycles. The van der Waals surface area contributed by atoms with Crippen LogP contribution in [0.1, 0.15) is 38.3 Å². The van der Waals surface area contributed by atoms with E-state index >= 15 is 0 Å². The van der Waals surface area contributed by atoms with Crippen molar-refractivity contribution in [2.24, 2.45) is 0 Å². The molecule has 0 saturated carbocycles. The van der Waals surface area contributed by atoms with E-state index in [1.165, 1.54) is 31.6 Å². The van der Waals surface area contributed by atoms with Crippen molar-refractivity contribution in [2.75, 3.05) is 13.1 Å². The highest BCUT2D eigenvalue weighted by atomic mass is 35.5. The van der Waals surface area contributed by atoms with Gasteiger partial charge in [0.15, 0.2) is 0 Å². The number of nitrogens with zero attached hydrogens (tertiary/aromatic N) is 3. The smallest absolute Gasteiger partial charge is 0.138 e. The lowest BCUT2D eigenvalue weighted by molar-refractivity contribution is 0.171. The molecule has 102 valence electrons. The predicted molar refractivity (Wildman–Crippen MR) is 78.9 cm³/mol. The maximum absolute atomic E-state index is 6.19. The van der Waals surface area contributed by atoms with Crippen molar-refractivity contribution in [3.8, 4) is 0 Å². The van der Waals surface area contributed by atoms with Crippen LogP contribution in [0.4, 0.5) is 0 Å². The van der Waals surface area contributed by atoms with Crippen LogP contribution >= 0.6 is 11.6 Å². The van der Waals surface area contributed by atoms with E-state index in [1.807, 2.05) is 22.6 Å². The molecule has 0 bridgehead atoms. The number of piperidine rings is 1. The Morgan fingerprint density at radius 2 is 2.00 bits per heavy atom. The van der Waals surface area contributed by atoms with Gasteiger partial charge in [-0.05, 0) is 51.9 Å². The quantitative estimate of drug-likeness (QED) is 0.782. The molecule has 0 aliphatic carbocycles. The van der Waals surface area contributed by atoms with Gasteiger partial charge >= 0.3 is 0 Å². The Kier molecular flexibility index (Phi) is 3.50. The Morgan fingerprint density at radius 3 is 2.63 bits per heavy atom. The van der Waals surface area contributed by atoms with Crippen LogP contribution in [0, 0.1) is 0 Å². The van der Waals surface area contributed by atoms with Gasteiger partial charge in [0, 0.05) is 18.2 Å². The molecular weight excluding hydrogens is 258 g/mol.